The standard InChI is InChI=1S/C16H18N2O4S/c1-21-12-7-11(8-13(9-12)22-2)16(10-18(19)20)23-15-6-4-3-5-14(15)17/h3-9,16H,10,17H2,1-2H3/t16-/m0/s1. The second kappa shape index (κ2) is 7.73. The highest BCUT2D eigenvalue weighted by Gasteiger charge is 2.22. The van der Waals surface area contributed by atoms with Crippen LogP contribution < -0.4 is 15.2 Å². The summed E-state index contributed by atoms with van der Waals surface area (Å²) in [6.07, 6.45) is 0. The van der Waals surface area contributed by atoms with E-state index in [-0.39, 0.29) is 11.5 Å². The van der Waals surface area contributed by atoms with Crippen molar-refractivity contribution in [2.24, 2.45) is 0 Å². The van der Waals surface area contributed by atoms with Gasteiger partial charge >= 0.3 is 0 Å². The summed E-state index contributed by atoms with van der Waals surface area (Å²) in [5, 5.41) is 10.7. The lowest BCUT2D eigenvalue weighted by Gasteiger charge is -2.16. The summed E-state index contributed by atoms with van der Waals surface area (Å²) in [6, 6.07) is 12.6. The number of nitro groups is 1. The molecule has 0 spiro atoms. The predicted molar refractivity (Wildman–Crippen MR) is 90.9 cm³/mol. The molecule has 0 radical (unpaired) electrons. The van der Waals surface area contributed by atoms with E-state index in [0.717, 1.165) is 10.5 Å². The monoisotopic (exact) mass is 334 g/mol. The van der Waals surface area contributed by atoms with Crippen LogP contribution in [0.1, 0.15) is 10.8 Å². The van der Waals surface area contributed by atoms with Gasteiger partial charge in [0.1, 0.15) is 11.5 Å². The molecule has 0 aliphatic heterocycles. The quantitative estimate of drug-likeness (QED) is 0.361. The maximum Gasteiger partial charge on any atom is 0.220 e. The second-order valence-corrected chi connectivity index (χ2v) is 6.05. The minimum Gasteiger partial charge on any atom is -0.497 e. The largest absolute Gasteiger partial charge is 0.497 e. The van der Waals surface area contributed by atoms with Gasteiger partial charge in [0.2, 0.25) is 6.54 Å². The van der Waals surface area contributed by atoms with Gasteiger partial charge in [-0.15, -0.1) is 11.8 Å². The minimum atomic E-state index is -0.404. The van der Waals surface area contributed by atoms with Gasteiger partial charge < -0.3 is 15.2 Å². The molecule has 0 aliphatic rings. The number of nitrogens with zero attached hydrogens (tertiary/aromatic N) is 1. The van der Waals surface area contributed by atoms with Crippen molar-refractivity contribution in [1.29, 1.82) is 0 Å². The summed E-state index contributed by atoms with van der Waals surface area (Å²) < 4.78 is 10.5. The molecule has 1 atom stereocenters. The Hall–Kier alpha value is -2.41. The van der Waals surface area contributed by atoms with Gasteiger partial charge in [-0.2, -0.15) is 0 Å². The highest BCUT2D eigenvalue weighted by atomic mass is 32.2. The molecule has 23 heavy (non-hydrogen) atoms. The van der Waals surface area contributed by atoms with Gasteiger partial charge in [-0.05, 0) is 29.8 Å². The number of nitrogens with two attached hydrogens (primary N) is 1. The summed E-state index contributed by atoms with van der Waals surface area (Å²) in [5.74, 6) is 1.18. The van der Waals surface area contributed by atoms with E-state index in [4.69, 9.17) is 15.2 Å². The van der Waals surface area contributed by atoms with Crippen LogP contribution >= 0.6 is 11.8 Å². The second-order valence-electron chi connectivity index (χ2n) is 4.81. The topological polar surface area (TPSA) is 87.6 Å². The van der Waals surface area contributed by atoms with E-state index in [0.29, 0.717) is 17.2 Å². The molecule has 0 fully saturated rings. The van der Waals surface area contributed by atoms with E-state index in [1.807, 2.05) is 18.2 Å². The zero-order valence-corrected chi connectivity index (χ0v) is 13.7. The molecule has 2 N–H and O–H groups in total. The maximum atomic E-state index is 11.1. The molecular weight excluding hydrogens is 316 g/mol. The molecule has 0 amide bonds. The minimum absolute atomic E-state index is 0.227. The lowest BCUT2D eigenvalue weighted by molar-refractivity contribution is -0.479. The Morgan fingerprint density at radius 1 is 1.17 bits per heavy atom. The van der Waals surface area contributed by atoms with Crippen LogP contribution in [0, 0.1) is 10.1 Å². The van der Waals surface area contributed by atoms with Crippen LogP contribution in [0.5, 0.6) is 11.5 Å². The maximum absolute atomic E-state index is 11.1. The molecule has 0 heterocycles. The van der Waals surface area contributed by atoms with Crippen molar-refractivity contribution in [3.05, 3.63) is 58.1 Å². The fourth-order valence-corrected chi connectivity index (χ4v) is 3.24. The number of ether oxygens (including phenoxy) is 2. The lowest BCUT2D eigenvalue weighted by Crippen LogP contribution is -2.10. The van der Waals surface area contributed by atoms with Crippen LogP contribution in [-0.2, 0) is 0 Å². The van der Waals surface area contributed by atoms with Crippen molar-refractivity contribution in [3.8, 4) is 11.5 Å². The third-order valence-corrected chi connectivity index (χ3v) is 4.58. The Labute approximate surface area is 138 Å². The van der Waals surface area contributed by atoms with Crippen molar-refractivity contribution in [3.63, 3.8) is 0 Å². The molecule has 0 saturated carbocycles. The highest BCUT2D eigenvalue weighted by molar-refractivity contribution is 7.99. The van der Waals surface area contributed by atoms with E-state index in [9.17, 15) is 10.1 Å². The number of anilines is 1. The van der Waals surface area contributed by atoms with Crippen molar-refractivity contribution in [2.75, 3.05) is 26.5 Å². The summed E-state index contributed by atoms with van der Waals surface area (Å²) in [6.45, 7) is -0.227. The SMILES string of the molecule is COc1cc(OC)cc([C@H](C[N+](=O)[O-])Sc2ccccc2N)c1. The molecule has 2 aromatic carbocycles. The third-order valence-electron chi connectivity index (χ3n) is 3.25. The molecular formula is C16H18N2O4S. The summed E-state index contributed by atoms with van der Waals surface area (Å²) in [5.41, 5.74) is 7.30. The fourth-order valence-electron chi connectivity index (χ4n) is 2.10. The summed E-state index contributed by atoms with van der Waals surface area (Å²) in [4.78, 5) is 11.5. The molecule has 0 saturated heterocycles. The Morgan fingerprint density at radius 2 is 1.78 bits per heavy atom. The van der Waals surface area contributed by atoms with Crippen LogP contribution in [0.3, 0.4) is 0 Å². The number of benzene rings is 2. The first-order chi connectivity index (χ1) is 11.0. The van der Waals surface area contributed by atoms with Crippen molar-refractivity contribution >= 4 is 17.4 Å². The fraction of sp³-hybridized carbons (Fsp3) is 0.250. The number of methoxy groups -OCH3 is 2. The summed E-state index contributed by atoms with van der Waals surface area (Å²) >= 11 is 1.36. The molecule has 0 aliphatic carbocycles. The van der Waals surface area contributed by atoms with Gasteiger partial charge in [0, 0.05) is 21.6 Å². The van der Waals surface area contributed by atoms with Crippen molar-refractivity contribution < 1.29 is 14.4 Å². The van der Waals surface area contributed by atoms with E-state index in [2.05, 4.69) is 0 Å². The zero-order chi connectivity index (χ0) is 16.8. The molecule has 0 bridgehead atoms. The van der Waals surface area contributed by atoms with Gasteiger partial charge in [-0.25, -0.2) is 0 Å². The average Bonchev–Trinajstić information content (AvgIpc) is 2.55. The Kier molecular flexibility index (Phi) is 5.70. The zero-order valence-electron chi connectivity index (χ0n) is 12.9. The number of para-hydroxylation sites is 1. The molecule has 7 heteroatoms. The molecule has 2 aromatic rings. The number of thioether (sulfide) groups is 1. The van der Waals surface area contributed by atoms with E-state index < -0.39 is 5.25 Å². The average molecular weight is 334 g/mol. The molecule has 0 aromatic heterocycles. The lowest BCUT2D eigenvalue weighted by atomic mass is 10.1. The Morgan fingerprint density at radius 3 is 2.30 bits per heavy atom. The van der Waals surface area contributed by atoms with E-state index in [1.54, 1.807) is 38.5 Å². The van der Waals surface area contributed by atoms with Crippen LogP contribution in [0.4, 0.5) is 5.69 Å². The first kappa shape index (κ1) is 17.0. The van der Waals surface area contributed by atoms with Gasteiger partial charge in [0.05, 0.1) is 19.5 Å². The number of rotatable bonds is 7. The normalized spacial score (nSPS) is 11.7. The van der Waals surface area contributed by atoms with Crippen LogP contribution in [0.15, 0.2) is 47.4 Å². The van der Waals surface area contributed by atoms with Crippen LogP contribution in [-0.4, -0.2) is 25.7 Å². The van der Waals surface area contributed by atoms with Crippen molar-refractivity contribution in [2.45, 2.75) is 10.1 Å². The molecule has 6 nitrogen and oxygen atoms in total. The van der Waals surface area contributed by atoms with Crippen LogP contribution in [0.2, 0.25) is 0 Å². The van der Waals surface area contributed by atoms with Crippen molar-refractivity contribution in [1.82, 2.24) is 0 Å². The Balaban J connectivity index is 2.38. The smallest absolute Gasteiger partial charge is 0.220 e. The molecule has 2 rings (SSSR count). The third kappa shape index (κ3) is 4.53. The van der Waals surface area contributed by atoms with Gasteiger partial charge in [-0.1, -0.05) is 12.1 Å². The van der Waals surface area contributed by atoms with Gasteiger partial charge in [0.25, 0.3) is 0 Å². The first-order valence-electron chi connectivity index (χ1n) is 6.89. The van der Waals surface area contributed by atoms with E-state index >= 15 is 0 Å². The molecule has 122 valence electrons. The van der Waals surface area contributed by atoms with Gasteiger partial charge in [-0.3, -0.25) is 10.1 Å². The van der Waals surface area contributed by atoms with Crippen LogP contribution in [0.25, 0.3) is 0 Å². The number of hydrogen-bond donors (Lipinski definition) is 1. The van der Waals surface area contributed by atoms with E-state index in [1.165, 1.54) is 11.8 Å². The molecule has 0 unspecified atom stereocenters. The highest BCUT2D eigenvalue weighted by Crippen LogP contribution is 2.40. The first-order valence-corrected chi connectivity index (χ1v) is 7.77. The van der Waals surface area contributed by atoms with Gasteiger partial charge in [0.15, 0.2) is 0 Å². The summed E-state index contributed by atoms with van der Waals surface area (Å²) in [7, 11) is 3.09. The number of nitrogen functional groups attached to an aromatic ring is 1. The Bertz CT molecular complexity index is 671. The number of hydrogen-bond acceptors (Lipinski definition) is 6. The predicted octanol–water partition coefficient (Wildman–Crippen LogP) is 3.40.